The Kier molecular flexibility index (Phi) is 8.47. The van der Waals surface area contributed by atoms with Gasteiger partial charge in [-0.1, -0.05) is 58.4 Å². The fourth-order valence-electron chi connectivity index (χ4n) is 7.02. The van der Waals surface area contributed by atoms with Crippen molar-refractivity contribution >= 4 is 45.0 Å². The molecule has 1 spiro atoms. The van der Waals surface area contributed by atoms with Gasteiger partial charge in [-0.2, -0.15) is 0 Å². The number of likely N-dealkylation sites (tertiary alicyclic amines) is 1. The first-order valence-electron chi connectivity index (χ1n) is 14.3. The molecule has 1 N–H and O–H groups in total. The molecule has 2 bridgehead atoms. The van der Waals surface area contributed by atoms with Crippen LogP contribution in [0.3, 0.4) is 0 Å². The zero-order valence-electron chi connectivity index (χ0n) is 24.3. The van der Waals surface area contributed by atoms with Crippen LogP contribution in [-0.2, 0) is 19.1 Å². The van der Waals surface area contributed by atoms with Gasteiger partial charge < -0.3 is 24.5 Å². The lowest BCUT2D eigenvalue weighted by Crippen LogP contribution is -2.59. The third-order valence-electron chi connectivity index (χ3n) is 8.86. The van der Waals surface area contributed by atoms with Gasteiger partial charge in [-0.05, 0) is 56.5 Å². The van der Waals surface area contributed by atoms with Gasteiger partial charge in [0, 0.05) is 29.3 Å². The number of carbonyl (C=O) groups excluding carboxylic acids is 3. The van der Waals surface area contributed by atoms with Crippen molar-refractivity contribution < 1.29 is 24.2 Å². The second-order valence-electron chi connectivity index (χ2n) is 11.5. The van der Waals surface area contributed by atoms with E-state index in [9.17, 15) is 19.5 Å². The van der Waals surface area contributed by atoms with Crippen molar-refractivity contribution in [1.82, 2.24) is 4.90 Å². The maximum atomic E-state index is 14.7. The number of fused-ring (bicyclic) bond motifs is 1. The van der Waals surface area contributed by atoms with Crippen LogP contribution in [0.15, 0.2) is 73.8 Å². The topological polar surface area (TPSA) is 90.4 Å². The molecule has 3 unspecified atom stereocenters. The lowest BCUT2D eigenvalue weighted by atomic mass is 9.70. The summed E-state index contributed by atoms with van der Waals surface area (Å²) in [4.78, 5) is 48.0. The second-order valence-corrected chi connectivity index (χ2v) is 12.7. The Morgan fingerprint density at radius 2 is 1.79 bits per heavy atom. The monoisotopic (exact) mass is 635 g/mol. The Balaban J connectivity index is 1.62. The number of amides is 3. The molecule has 7 atom stereocenters. The van der Waals surface area contributed by atoms with Gasteiger partial charge in [0.2, 0.25) is 11.8 Å². The van der Waals surface area contributed by atoms with Gasteiger partial charge in [0.05, 0.1) is 30.6 Å². The second kappa shape index (κ2) is 11.8. The number of anilines is 2. The third kappa shape index (κ3) is 4.71. The van der Waals surface area contributed by atoms with Gasteiger partial charge in [0.1, 0.15) is 11.6 Å². The SMILES string of the molecule is C=CCN(C(=O)[C@H]1[C@@H]2OC3(CC2Br)C(C(=O)N(CC=C)c2cc(C)ccc2C)N([C@H](C)CO)C(=O)[C@H]13)c1ccccc1. The number of halogens is 1. The van der Waals surface area contributed by atoms with Crippen LogP contribution in [-0.4, -0.2) is 76.0 Å². The number of hydrogen-bond donors (Lipinski definition) is 1. The number of benzene rings is 2. The number of rotatable bonds is 10. The first kappa shape index (κ1) is 30.2. The minimum atomic E-state index is -1.25. The minimum absolute atomic E-state index is 0.223. The predicted molar refractivity (Wildman–Crippen MR) is 167 cm³/mol. The Morgan fingerprint density at radius 3 is 2.43 bits per heavy atom. The molecule has 3 saturated heterocycles. The van der Waals surface area contributed by atoms with Crippen LogP contribution in [0.1, 0.15) is 24.5 Å². The van der Waals surface area contributed by atoms with Gasteiger partial charge in [-0.25, -0.2) is 0 Å². The molecule has 0 radical (unpaired) electrons. The summed E-state index contributed by atoms with van der Waals surface area (Å²) in [5.41, 5.74) is 2.06. The van der Waals surface area contributed by atoms with E-state index in [4.69, 9.17) is 4.74 Å². The van der Waals surface area contributed by atoms with Gasteiger partial charge in [-0.15, -0.1) is 13.2 Å². The Morgan fingerprint density at radius 1 is 1.12 bits per heavy atom. The Hall–Kier alpha value is -3.27. The van der Waals surface area contributed by atoms with Crippen LogP contribution in [0.4, 0.5) is 11.4 Å². The standard InChI is InChI=1S/C33H38BrN3O5/c1-6-15-35(23-11-9-8-10-12-23)30(39)26-27-31(40)37(22(5)19-38)29(33(27)18-24(34)28(26)42-33)32(41)36(16-7-2)25-17-20(3)13-14-21(25)4/h6-14,17,22,24,26-29,38H,1-2,15-16,18-19H2,3-5H3/t22-,24?,26-,27+,28-,29?,33?/m1/s1. The largest absolute Gasteiger partial charge is 0.394 e. The van der Waals surface area contributed by atoms with Gasteiger partial charge in [0.15, 0.2) is 0 Å². The molecule has 8 nitrogen and oxygen atoms in total. The summed E-state index contributed by atoms with van der Waals surface area (Å²) < 4.78 is 6.70. The summed E-state index contributed by atoms with van der Waals surface area (Å²) >= 11 is 3.75. The Labute approximate surface area is 255 Å². The number of nitrogens with zero attached hydrogens (tertiary/aromatic N) is 3. The minimum Gasteiger partial charge on any atom is -0.394 e. The quantitative estimate of drug-likeness (QED) is 0.313. The highest BCUT2D eigenvalue weighted by Crippen LogP contribution is 2.61. The van der Waals surface area contributed by atoms with E-state index in [-0.39, 0.29) is 42.2 Å². The molecule has 3 amide bonds. The number of para-hydroxylation sites is 1. The van der Waals surface area contributed by atoms with Gasteiger partial charge >= 0.3 is 0 Å². The van der Waals surface area contributed by atoms with Crippen LogP contribution in [0.2, 0.25) is 0 Å². The van der Waals surface area contributed by atoms with E-state index in [0.717, 1.165) is 16.8 Å². The molecule has 0 aliphatic carbocycles. The maximum Gasteiger partial charge on any atom is 0.253 e. The average Bonchev–Trinajstić information content (AvgIpc) is 3.58. The fraction of sp³-hybridized carbons (Fsp3) is 0.424. The van der Waals surface area contributed by atoms with Crippen molar-refractivity contribution in [3.05, 3.63) is 85.0 Å². The number of aliphatic hydroxyl groups is 1. The lowest BCUT2D eigenvalue weighted by molar-refractivity contribution is -0.143. The van der Waals surface area contributed by atoms with Crippen LogP contribution in [0.25, 0.3) is 0 Å². The van der Waals surface area contributed by atoms with Crippen molar-refractivity contribution in [2.75, 3.05) is 29.5 Å². The van der Waals surface area contributed by atoms with E-state index in [0.29, 0.717) is 12.1 Å². The van der Waals surface area contributed by atoms with Crippen molar-refractivity contribution in [3.63, 3.8) is 0 Å². The average molecular weight is 637 g/mol. The van der Waals surface area contributed by atoms with Crippen LogP contribution in [0, 0.1) is 25.7 Å². The molecule has 5 rings (SSSR count). The zero-order valence-corrected chi connectivity index (χ0v) is 25.9. The molecule has 3 fully saturated rings. The van der Waals surface area contributed by atoms with Crippen molar-refractivity contribution in [2.24, 2.45) is 11.8 Å². The van der Waals surface area contributed by atoms with Crippen molar-refractivity contribution in [3.8, 4) is 0 Å². The Bertz CT molecular complexity index is 1400. The maximum absolute atomic E-state index is 14.7. The molecule has 3 aliphatic rings. The molecule has 3 heterocycles. The fourth-order valence-corrected chi connectivity index (χ4v) is 7.97. The van der Waals surface area contributed by atoms with E-state index in [1.807, 2.05) is 62.4 Å². The molecule has 0 aromatic heterocycles. The summed E-state index contributed by atoms with van der Waals surface area (Å²) in [5, 5.41) is 10.2. The first-order chi connectivity index (χ1) is 20.1. The highest BCUT2D eigenvalue weighted by Gasteiger charge is 2.77. The molecule has 9 heteroatoms. The molecular formula is C33H38BrN3O5. The number of hydrogen-bond acceptors (Lipinski definition) is 5. The van der Waals surface area contributed by atoms with E-state index in [1.54, 1.807) is 28.9 Å². The molecule has 42 heavy (non-hydrogen) atoms. The summed E-state index contributed by atoms with van der Waals surface area (Å²) in [6, 6.07) is 13.5. The molecule has 2 aromatic carbocycles. The summed E-state index contributed by atoms with van der Waals surface area (Å²) in [6.07, 6.45) is 3.09. The number of alkyl halides is 1. The van der Waals surface area contributed by atoms with E-state index >= 15 is 0 Å². The first-order valence-corrected chi connectivity index (χ1v) is 15.2. The number of carbonyl (C=O) groups is 3. The molecule has 2 aromatic rings. The van der Waals surface area contributed by atoms with Crippen molar-refractivity contribution in [2.45, 2.75) is 55.8 Å². The van der Waals surface area contributed by atoms with Crippen molar-refractivity contribution in [1.29, 1.82) is 0 Å². The zero-order chi connectivity index (χ0) is 30.3. The lowest BCUT2D eigenvalue weighted by Gasteiger charge is -2.39. The third-order valence-corrected chi connectivity index (χ3v) is 9.71. The van der Waals surface area contributed by atoms with E-state index in [2.05, 4.69) is 29.1 Å². The van der Waals surface area contributed by atoms with Gasteiger partial charge in [-0.3, -0.25) is 14.4 Å². The normalized spacial score (nSPS) is 28.4. The van der Waals surface area contributed by atoms with Crippen LogP contribution in [0.5, 0.6) is 0 Å². The number of aryl methyl sites for hydroxylation is 2. The molecular weight excluding hydrogens is 598 g/mol. The molecule has 3 aliphatic heterocycles. The highest BCUT2D eigenvalue weighted by atomic mass is 79.9. The van der Waals surface area contributed by atoms with Crippen LogP contribution < -0.4 is 9.80 Å². The summed E-state index contributed by atoms with van der Waals surface area (Å²) in [5.74, 6) is -2.62. The van der Waals surface area contributed by atoms with Gasteiger partial charge in [0.25, 0.3) is 5.91 Å². The summed E-state index contributed by atoms with van der Waals surface area (Å²) in [7, 11) is 0. The summed E-state index contributed by atoms with van der Waals surface area (Å²) in [6.45, 7) is 13.5. The number of aliphatic hydroxyl groups excluding tert-OH is 1. The van der Waals surface area contributed by atoms with E-state index < -0.39 is 35.6 Å². The highest BCUT2D eigenvalue weighted by molar-refractivity contribution is 9.09. The molecule has 222 valence electrons. The smallest absolute Gasteiger partial charge is 0.253 e. The predicted octanol–water partition coefficient (Wildman–Crippen LogP) is 4.17. The number of ether oxygens (including phenoxy) is 1. The molecule has 0 saturated carbocycles. The van der Waals surface area contributed by atoms with E-state index in [1.165, 1.54) is 4.90 Å². The van der Waals surface area contributed by atoms with Crippen LogP contribution >= 0.6 is 15.9 Å².